The topological polar surface area (TPSA) is 73.1 Å². The molecule has 2 rings (SSSR count). The summed E-state index contributed by atoms with van der Waals surface area (Å²) in [6.45, 7) is 4.37. The molecule has 3 N–H and O–H groups in total. The molecule has 1 aromatic carbocycles. The zero-order valence-electron chi connectivity index (χ0n) is 12.3. The summed E-state index contributed by atoms with van der Waals surface area (Å²) < 4.78 is 5.33. The number of benzene rings is 1. The van der Waals surface area contributed by atoms with E-state index in [-0.39, 0.29) is 0 Å². The van der Waals surface area contributed by atoms with Crippen molar-refractivity contribution >= 4 is 23.0 Å². The molecule has 5 nitrogen and oxygen atoms in total. The molecular weight excluding hydrogens is 284 g/mol. The number of hydrogen-bond acceptors (Lipinski definition) is 5. The van der Waals surface area contributed by atoms with Gasteiger partial charge in [-0.3, -0.25) is 0 Å². The van der Waals surface area contributed by atoms with E-state index < -0.39 is 0 Å². The maximum Gasteiger partial charge on any atom is 0.159 e. The first-order valence-corrected chi connectivity index (χ1v) is 6.95. The number of hydrogen-bond donors (Lipinski definition) is 2. The molecule has 0 atom stereocenters. The SMILES string of the molecule is COc1ccccc1CNc1nnc(C)c(C)c1C(N)=S. The molecule has 0 fully saturated rings. The zero-order valence-corrected chi connectivity index (χ0v) is 13.1. The quantitative estimate of drug-likeness (QED) is 0.826. The number of para-hydroxylation sites is 1. The van der Waals surface area contributed by atoms with Gasteiger partial charge in [-0.2, -0.15) is 5.10 Å². The van der Waals surface area contributed by atoms with Gasteiger partial charge in [0.2, 0.25) is 0 Å². The van der Waals surface area contributed by atoms with E-state index in [4.69, 9.17) is 22.7 Å². The van der Waals surface area contributed by atoms with Crippen molar-refractivity contribution in [2.24, 2.45) is 5.73 Å². The van der Waals surface area contributed by atoms with Gasteiger partial charge in [-0.15, -0.1) is 5.10 Å². The van der Waals surface area contributed by atoms with Crippen molar-refractivity contribution in [1.29, 1.82) is 0 Å². The number of methoxy groups -OCH3 is 1. The first-order chi connectivity index (χ1) is 10.0. The Kier molecular flexibility index (Phi) is 4.70. The fourth-order valence-corrected chi connectivity index (χ4v) is 2.31. The molecule has 110 valence electrons. The highest BCUT2D eigenvalue weighted by Gasteiger charge is 2.13. The van der Waals surface area contributed by atoms with Crippen molar-refractivity contribution < 1.29 is 4.74 Å². The van der Waals surface area contributed by atoms with Crippen molar-refractivity contribution in [3.63, 3.8) is 0 Å². The minimum atomic E-state index is 0.313. The van der Waals surface area contributed by atoms with Crippen LogP contribution in [-0.4, -0.2) is 22.3 Å². The molecule has 0 radical (unpaired) electrons. The van der Waals surface area contributed by atoms with Gasteiger partial charge in [-0.1, -0.05) is 30.4 Å². The van der Waals surface area contributed by atoms with Crippen molar-refractivity contribution in [3.8, 4) is 5.75 Å². The number of rotatable bonds is 5. The Bertz CT molecular complexity index is 673. The Morgan fingerprint density at radius 2 is 2.00 bits per heavy atom. The summed E-state index contributed by atoms with van der Waals surface area (Å²) in [5.74, 6) is 1.41. The highest BCUT2D eigenvalue weighted by atomic mass is 32.1. The first-order valence-electron chi connectivity index (χ1n) is 6.54. The lowest BCUT2D eigenvalue weighted by molar-refractivity contribution is 0.410. The fraction of sp³-hybridized carbons (Fsp3) is 0.267. The predicted octanol–water partition coefficient (Wildman–Crippen LogP) is 2.35. The Labute approximate surface area is 129 Å². The van der Waals surface area contributed by atoms with E-state index in [1.54, 1.807) is 7.11 Å². The number of aromatic nitrogens is 2. The summed E-state index contributed by atoms with van der Waals surface area (Å²) >= 11 is 5.12. The lowest BCUT2D eigenvalue weighted by Gasteiger charge is -2.14. The molecule has 0 amide bonds. The van der Waals surface area contributed by atoms with E-state index in [1.165, 1.54) is 0 Å². The Hall–Kier alpha value is -2.21. The summed E-state index contributed by atoms with van der Waals surface area (Å²) in [6.07, 6.45) is 0. The molecule has 6 heteroatoms. The second-order valence-corrected chi connectivity index (χ2v) is 5.10. The lowest BCUT2D eigenvalue weighted by atomic mass is 10.1. The number of anilines is 1. The molecule has 1 aromatic heterocycles. The average Bonchev–Trinajstić information content (AvgIpc) is 2.48. The van der Waals surface area contributed by atoms with Gasteiger partial charge >= 0.3 is 0 Å². The van der Waals surface area contributed by atoms with Crippen LogP contribution in [0.15, 0.2) is 24.3 Å². The normalized spacial score (nSPS) is 10.2. The molecule has 0 saturated heterocycles. The molecule has 21 heavy (non-hydrogen) atoms. The van der Waals surface area contributed by atoms with Crippen LogP contribution in [0.25, 0.3) is 0 Å². The number of nitrogens with zero attached hydrogens (tertiary/aromatic N) is 2. The summed E-state index contributed by atoms with van der Waals surface area (Å²) in [6, 6.07) is 7.79. The number of thiocarbonyl (C=S) groups is 1. The summed E-state index contributed by atoms with van der Waals surface area (Å²) in [4.78, 5) is 0.313. The minimum Gasteiger partial charge on any atom is -0.496 e. The van der Waals surface area contributed by atoms with Gasteiger partial charge in [0.15, 0.2) is 5.82 Å². The standard InChI is InChI=1S/C15H18N4OS/c1-9-10(2)18-19-15(13(9)14(16)21)17-8-11-6-4-5-7-12(11)20-3/h4-7H,8H2,1-3H3,(H2,16,21)(H,17,19). The van der Waals surface area contributed by atoms with E-state index in [9.17, 15) is 0 Å². The van der Waals surface area contributed by atoms with Crippen LogP contribution in [0.2, 0.25) is 0 Å². The highest BCUT2D eigenvalue weighted by molar-refractivity contribution is 7.80. The molecule has 0 spiro atoms. The Morgan fingerprint density at radius 1 is 1.29 bits per heavy atom. The largest absolute Gasteiger partial charge is 0.496 e. The molecule has 0 saturated carbocycles. The predicted molar refractivity (Wildman–Crippen MR) is 87.7 cm³/mol. The number of nitrogens with two attached hydrogens (primary N) is 1. The molecule has 0 aliphatic carbocycles. The third kappa shape index (κ3) is 3.28. The van der Waals surface area contributed by atoms with Crippen molar-refractivity contribution in [3.05, 3.63) is 46.6 Å². The molecule has 0 aliphatic heterocycles. The second kappa shape index (κ2) is 6.49. The van der Waals surface area contributed by atoms with Crippen molar-refractivity contribution in [2.75, 3.05) is 12.4 Å². The number of aryl methyl sites for hydroxylation is 1. The third-order valence-electron chi connectivity index (χ3n) is 3.34. The van der Waals surface area contributed by atoms with E-state index >= 15 is 0 Å². The van der Waals surface area contributed by atoms with Crippen LogP contribution in [0.3, 0.4) is 0 Å². The van der Waals surface area contributed by atoms with Crippen LogP contribution in [0, 0.1) is 13.8 Å². The van der Waals surface area contributed by atoms with Crippen LogP contribution in [-0.2, 0) is 6.54 Å². The first kappa shape index (κ1) is 15.2. The van der Waals surface area contributed by atoms with E-state index in [0.29, 0.717) is 17.4 Å². The van der Waals surface area contributed by atoms with Gasteiger partial charge in [0.05, 0.1) is 18.4 Å². The van der Waals surface area contributed by atoms with Crippen LogP contribution >= 0.6 is 12.2 Å². The van der Waals surface area contributed by atoms with Gasteiger partial charge in [-0.25, -0.2) is 0 Å². The fourth-order valence-electron chi connectivity index (χ4n) is 2.06. The lowest BCUT2D eigenvalue weighted by Crippen LogP contribution is -2.18. The van der Waals surface area contributed by atoms with Gasteiger partial charge in [-0.05, 0) is 25.5 Å². The van der Waals surface area contributed by atoms with Gasteiger partial charge in [0.25, 0.3) is 0 Å². The summed E-state index contributed by atoms with van der Waals surface area (Å²) in [7, 11) is 1.65. The minimum absolute atomic E-state index is 0.313. The van der Waals surface area contributed by atoms with Crippen LogP contribution in [0.1, 0.15) is 22.4 Å². The van der Waals surface area contributed by atoms with Gasteiger partial charge in [0.1, 0.15) is 10.7 Å². The molecule has 2 aromatic rings. The van der Waals surface area contributed by atoms with Crippen molar-refractivity contribution in [1.82, 2.24) is 10.2 Å². The van der Waals surface area contributed by atoms with Crippen molar-refractivity contribution in [2.45, 2.75) is 20.4 Å². The molecular formula is C15H18N4OS. The number of ether oxygens (including phenoxy) is 1. The summed E-state index contributed by atoms with van der Waals surface area (Å²) in [5, 5.41) is 11.5. The average molecular weight is 302 g/mol. The van der Waals surface area contributed by atoms with E-state index in [1.807, 2.05) is 38.1 Å². The smallest absolute Gasteiger partial charge is 0.159 e. The maximum absolute atomic E-state index is 5.81. The molecule has 0 bridgehead atoms. The van der Waals surface area contributed by atoms with E-state index in [2.05, 4.69) is 15.5 Å². The van der Waals surface area contributed by atoms with E-state index in [0.717, 1.165) is 28.1 Å². The zero-order chi connectivity index (χ0) is 15.4. The van der Waals surface area contributed by atoms with Crippen LogP contribution in [0.4, 0.5) is 5.82 Å². The maximum atomic E-state index is 5.81. The number of nitrogens with one attached hydrogen (secondary N) is 1. The summed E-state index contributed by atoms with van der Waals surface area (Å²) in [5.41, 5.74) is 9.34. The highest BCUT2D eigenvalue weighted by Crippen LogP contribution is 2.22. The Balaban J connectivity index is 2.28. The second-order valence-electron chi connectivity index (χ2n) is 4.66. The monoisotopic (exact) mass is 302 g/mol. The van der Waals surface area contributed by atoms with Crippen LogP contribution in [0.5, 0.6) is 5.75 Å². The van der Waals surface area contributed by atoms with Gasteiger partial charge < -0.3 is 15.8 Å². The molecule has 0 unspecified atom stereocenters. The Morgan fingerprint density at radius 3 is 2.67 bits per heavy atom. The third-order valence-corrected chi connectivity index (χ3v) is 3.54. The van der Waals surface area contributed by atoms with Crippen LogP contribution < -0.4 is 15.8 Å². The molecule has 0 aliphatic rings. The van der Waals surface area contributed by atoms with Gasteiger partial charge in [0, 0.05) is 12.1 Å². The molecule has 1 heterocycles.